The van der Waals surface area contributed by atoms with E-state index in [1.165, 1.54) is 5.57 Å². The minimum atomic E-state index is 0.162. The van der Waals surface area contributed by atoms with Gasteiger partial charge in [-0.1, -0.05) is 36.0 Å². The van der Waals surface area contributed by atoms with Gasteiger partial charge in [0.1, 0.15) is 0 Å². The molecule has 0 saturated heterocycles. The van der Waals surface area contributed by atoms with Crippen molar-refractivity contribution in [2.45, 2.75) is 13.0 Å². The Hall–Kier alpha value is -1.31. The first-order chi connectivity index (χ1) is 6.29. The quantitative estimate of drug-likeness (QED) is 0.517. The molecule has 2 atom stereocenters. The van der Waals surface area contributed by atoms with Crippen LogP contribution in [-0.4, -0.2) is 19.0 Å². The van der Waals surface area contributed by atoms with E-state index in [4.69, 9.17) is 4.74 Å². The number of aliphatic imine (C=N–C) groups is 1. The molecule has 2 nitrogen and oxygen atoms in total. The average Bonchev–Trinajstić information content (AvgIpc) is 2.12. The van der Waals surface area contributed by atoms with E-state index in [-0.39, 0.29) is 12.0 Å². The normalized spacial score (nSPS) is 30.6. The van der Waals surface area contributed by atoms with E-state index in [1.54, 1.807) is 7.11 Å². The lowest BCUT2D eigenvalue weighted by molar-refractivity contribution is 0.380. The topological polar surface area (TPSA) is 21.6 Å². The van der Waals surface area contributed by atoms with Crippen LogP contribution in [0.15, 0.2) is 40.9 Å². The Labute approximate surface area is 78.3 Å². The minimum absolute atomic E-state index is 0.162. The third kappa shape index (κ3) is 1.57. The Bertz CT molecular complexity index is 323. The number of ether oxygens (including phenoxy) is 1. The molecule has 3 rings (SSSR count). The first kappa shape index (κ1) is 8.30. The maximum Gasteiger partial charge on any atom is 0.194 e. The van der Waals surface area contributed by atoms with E-state index in [0.717, 1.165) is 5.90 Å². The summed E-state index contributed by atoms with van der Waals surface area (Å²) in [6.07, 6.45) is 10.6. The van der Waals surface area contributed by atoms with Crippen molar-refractivity contribution in [2.75, 3.05) is 7.11 Å². The van der Waals surface area contributed by atoms with Crippen LogP contribution >= 0.6 is 0 Å². The molecular formula is C11H13NO. The lowest BCUT2D eigenvalue weighted by atomic mass is 9.98. The van der Waals surface area contributed by atoms with Crippen molar-refractivity contribution < 1.29 is 4.74 Å². The molecule has 3 aliphatic rings. The third-order valence-electron chi connectivity index (χ3n) is 2.28. The van der Waals surface area contributed by atoms with Gasteiger partial charge in [0, 0.05) is 0 Å². The Morgan fingerprint density at radius 1 is 1.31 bits per heavy atom. The van der Waals surface area contributed by atoms with E-state index >= 15 is 0 Å². The van der Waals surface area contributed by atoms with Crippen molar-refractivity contribution in [3.8, 4) is 0 Å². The predicted octanol–water partition coefficient (Wildman–Crippen LogP) is 2.10. The molecular weight excluding hydrogens is 162 g/mol. The van der Waals surface area contributed by atoms with Gasteiger partial charge in [0.25, 0.3) is 0 Å². The van der Waals surface area contributed by atoms with Crippen LogP contribution in [0.4, 0.5) is 0 Å². The second-order valence-electron chi connectivity index (χ2n) is 3.34. The molecule has 2 bridgehead atoms. The van der Waals surface area contributed by atoms with Gasteiger partial charge in [0.05, 0.1) is 19.1 Å². The molecule has 68 valence electrons. The van der Waals surface area contributed by atoms with Crippen LogP contribution in [0.25, 0.3) is 0 Å². The number of rotatable bonds is 0. The lowest BCUT2D eigenvalue weighted by Crippen LogP contribution is -2.21. The highest BCUT2D eigenvalue weighted by atomic mass is 16.5. The zero-order valence-corrected chi connectivity index (χ0v) is 7.90. The van der Waals surface area contributed by atoms with Crippen LogP contribution in [0.3, 0.4) is 0 Å². The SMILES string of the molecule is COC1=N[C@@H]2C=CC(C)=C[C@@H]1C=C2. The summed E-state index contributed by atoms with van der Waals surface area (Å²) in [6, 6.07) is 0.162. The van der Waals surface area contributed by atoms with Gasteiger partial charge in [-0.15, -0.1) is 0 Å². The molecule has 1 aliphatic carbocycles. The van der Waals surface area contributed by atoms with Gasteiger partial charge in [0.2, 0.25) is 0 Å². The Kier molecular flexibility index (Phi) is 2.05. The molecule has 0 saturated carbocycles. The van der Waals surface area contributed by atoms with E-state index in [0.29, 0.717) is 0 Å². The van der Waals surface area contributed by atoms with Gasteiger partial charge in [-0.3, -0.25) is 0 Å². The maximum absolute atomic E-state index is 5.23. The second kappa shape index (κ2) is 3.21. The number of hydrogen-bond acceptors (Lipinski definition) is 2. The first-order valence-corrected chi connectivity index (χ1v) is 4.46. The zero-order chi connectivity index (χ0) is 9.26. The van der Waals surface area contributed by atoms with Crippen molar-refractivity contribution in [1.82, 2.24) is 0 Å². The van der Waals surface area contributed by atoms with Gasteiger partial charge in [0.15, 0.2) is 5.90 Å². The Morgan fingerprint density at radius 3 is 2.92 bits per heavy atom. The second-order valence-corrected chi connectivity index (χ2v) is 3.34. The maximum atomic E-state index is 5.23. The smallest absolute Gasteiger partial charge is 0.194 e. The molecule has 0 fully saturated rings. The molecule has 0 unspecified atom stereocenters. The molecule has 2 heterocycles. The standard InChI is InChI=1S/C11H13NO/c1-8-3-5-10-6-4-9(7-8)11(12-10)13-2/h3-7,9-10H,1-2H3/t9-,10+/m0/s1. The molecule has 0 spiro atoms. The predicted molar refractivity (Wildman–Crippen MR) is 53.8 cm³/mol. The number of methoxy groups -OCH3 is 1. The largest absolute Gasteiger partial charge is 0.484 e. The number of hydrogen-bond donors (Lipinski definition) is 0. The summed E-state index contributed by atoms with van der Waals surface area (Å²) in [5.41, 5.74) is 1.27. The van der Waals surface area contributed by atoms with Crippen LogP contribution in [0.2, 0.25) is 0 Å². The molecule has 0 radical (unpaired) electrons. The van der Waals surface area contributed by atoms with Crippen molar-refractivity contribution in [2.24, 2.45) is 10.9 Å². The van der Waals surface area contributed by atoms with Crippen LogP contribution in [0.5, 0.6) is 0 Å². The van der Waals surface area contributed by atoms with E-state index in [2.05, 4.69) is 42.3 Å². The van der Waals surface area contributed by atoms with E-state index in [1.807, 2.05) is 0 Å². The molecule has 2 aliphatic heterocycles. The third-order valence-corrected chi connectivity index (χ3v) is 2.28. The van der Waals surface area contributed by atoms with Crippen LogP contribution in [-0.2, 0) is 4.74 Å². The van der Waals surface area contributed by atoms with Crippen molar-refractivity contribution in [1.29, 1.82) is 0 Å². The fraction of sp³-hybridized carbons (Fsp3) is 0.364. The number of allylic oxidation sites excluding steroid dienone is 2. The fourth-order valence-corrected chi connectivity index (χ4v) is 1.60. The van der Waals surface area contributed by atoms with Gasteiger partial charge in [-0.2, -0.15) is 0 Å². The molecule has 0 aromatic heterocycles. The molecule has 0 amide bonds. The molecule has 2 heteroatoms. The summed E-state index contributed by atoms with van der Waals surface area (Å²) >= 11 is 0. The van der Waals surface area contributed by atoms with Crippen LogP contribution in [0, 0.1) is 5.92 Å². The highest BCUT2D eigenvalue weighted by Crippen LogP contribution is 2.20. The summed E-state index contributed by atoms with van der Waals surface area (Å²) in [5.74, 6) is 1.04. The lowest BCUT2D eigenvalue weighted by Gasteiger charge is -2.20. The highest BCUT2D eigenvalue weighted by molar-refractivity contribution is 5.84. The van der Waals surface area contributed by atoms with E-state index in [9.17, 15) is 0 Å². The van der Waals surface area contributed by atoms with Crippen LogP contribution in [0.1, 0.15) is 6.92 Å². The monoisotopic (exact) mass is 175 g/mol. The number of dihydropyridines is 1. The summed E-state index contributed by atoms with van der Waals surface area (Å²) in [6.45, 7) is 2.10. The average molecular weight is 175 g/mol. The van der Waals surface area contributed by atoms with Crippen molar-refractivity contribution in [3.63, 3.8) is 0 Å². The summed E-state index contributed by atoms with van der Waals surface area (Å²) < 4.78 is 5.23. The molecule has 0 aromatic rings. The number of nitrogens with zero attached hydrogens (tertiary/aromatic N) is 1. The fourth-order valence-electron chi connectivity index (χ4n) is 1.60. The zero-order valence-electron chi connectivity index (χ0n) is 7.90. The van der Waals surface area contributed by atoms with Crippen molar-refractivity contribution >= 4 is 5.90 Å². The van der Waals surface area contributed by atoms with Gasteiger partial charge in [-0.25, -0.2) is 4.99 Å². The molecule has 0 aromatic carbocycles. The Balaban J connectivity index is 2.40. The molecule has 13 heavy (non-hydrogen) atoms. The molecule has 0 N–H and O–H groups in total. The minimum Gasteiger partial charge on any atom is -0.484 e. The summed E-state index contributed by atoms with van der Waals surface area (Å²) in [7, 11) is 1.68. The Morgan fingerprint density at radius 2 is 2.15 bits per heavy atom. The highest BCUT2D eigenvalue weighted by Gasteiger charge is 2.18. The number of fused-ring (bicyclic) bond motifs is 1. The van der Waals surface area contributed by atoms with Crippen LogP contribution < -0.4 is 0 Å². The van der Waals surface area contributed by atoms with Gasteiger partial charge < -0.3 is 4.74 Å². The van der Waals surface area contributed by atoms with Crippen molar-refractivity contribution in [3.05, 3.63) is 36.0 Å². The summed E-state index contributed by atoms with van der Waals surface area (Å²) in [4.78, 5) is 4.43. The van der Waals surface area contributed by atoms with Gasteiger partial charge in [-0.05, 0) is 6.92 Å². The summed E-state index contributed by atoms with van der Waals surface area (Å²) in [5, 5.41) is 0. The van der Waals surface area contributed by atoms with Gasteiger partial charge >= 0.3 is 0 Å². The first-order valence-electron chi connectivity index (χ1n) is 4.46. The van der Waals surface area contributed by atoms with E-state index < -0.39 is 0 Å².